The van der Waals surface area contributed by atoms with Gasteiger partial charge in [0.2, 0.25) is 17.7 Å². The molecular formula is C20H36N4O8. The zero-order valence-electron chi connectivity index (χ0n) is 19.0. The van der Waals surface area contributed by atoms with Crippen LogP contribution in [0.25, 0.3) is 0 Å². The van der Waals surface area contributed by atoms with Crippen LogP contribution in [0.4, 0.5) is 0 Å². The molecule has 0 rings (SSSR count). The number of nitrogens with two attached hydrogens (primary N) is 1. The molecule has 12 nitrogen and oxygen atoms in total. The summed E-state index contributed by atoms with van der Waals surface area (Å²) in [4.78, 5) is 60.1. The zero-order valence-corrected chi connectivity index (χ0v) is 19.0. The Morgan fingerprint density at radius 2 is 1.44 bits per heavy atom. The first-order valence-electron chi connectivity index (χ1n) is 10.6. The molecule has 0 spiro atoms. The monoisotopic (exact) mass is 460 g/mol. The number of rotatable bonds is 15. The van der Waals surface area contributed by atoms with Crippen LogP contribution in [0.15, 0.2) is 0 Å². The maximum absolute atomic E-state index is 12.8. The number of carbonyl (C=O) groups is 5. The van der Waals surface area contributed by atoms with Gasteiger partial charge in [-0.15, -0.1) is 0 Å². The number of aliphatic hydroxyl groups is 1. The third-order valence-corrected chi connectivity index (χ3v) is 4.93. The number of hydrogen-bond acceptors (Lipinski definition) is 7. The van der Waals surface area contributed by atoms with Gasteiger partial charge in [-0.2, -0.15) is 0 Å². The van der Waals surface area contributed by atoms with Gasteiger partial charge in [-0.3, -0.25) is 19.2 Å². The third kappa shape index (κ3) is 10.5. The first-order chi connectivity index (χ1) is 14.8. The number of aliphatic carboxylic acids is 2. The summed E-state index contributed by atoms with van der Waals surface area (Å²) < 4.78 is 0. The minimum absolute atomic E-state index is 0.000570. The van der Waals surface area contributed by atoms with Crippen LogP contribution in [0, 0.1) is 11.8 Å². The van der Waals surface area contributed by atoms with Crippen LogP contribution in [0.5, 0.6) is 0 Å². The van der Waals surface area contributed by atoms with E-state index in [1.54, 1.807) is 13.8 Å². The second kappa shape index (κ2) is 14.4. The molecule has 0 aliphatic carbocycles. The first kappa shape index (κ1) is 29.3. The molecule has 0 bridgehead atoms. The van der Waals surface area contributed by atoms with Crippen molar-refractivity contribution >= 4 is 29.7 Å². The quantitative estimate of drug-likeness (QED) is 0.156. The SMILES string of the molecule is CCC(C)C(NC(=O)C(CCC(=O)O)NC(=O)C(N)CO)C(=O)NC(CC(C)C)C(=O)O. The Morgan fingerprint density at radius 3 is 1.88 bits per heavy atom. The minimum atomic E-state index is -1.32. The summed E-state index contributed by atoms with van der Waals surface area (Å²) in [5, 5.41) is 34.5. The van der Waals surface area contributed by atoms with E-state index < -0.39 is 66.9 Å². The molecule has 184 valence electrons. The van der Waals surface area contributed by atoms with Crippen molar-refractivity contribution in [2.24, 2.45) is 17.6 Å². The number of amides is 3. The number of nitrogens with one attached hydrogen (secondary N) is 3. The van der Waals surface area contributed by atoms with Gasteiger partial charge in [0, 0.05) is 6.42 Å². The molecule has 5 atom stereocenters. The van der Waals surface area contributed by atoms with Crippen LogP contribution in [0.2, 0.25) is 0 Å². The van der Waals surface area contributed by atoms with E-state index in [0.717, 1.165) is 0 Å². The summed E-state index contributed by atoms with van der Waals surface area (Å²) in [7, 11) is 0. The Kier molecular flexibility index (Phi) is 13.1. The Morgan fingerprint density at radius 1 is 0.875 bits per heavy atom. The van der Waals surface area contributed by atoms with E-state index in [9.17, 15) is 29.1 Å². The van der Waals surface area contributed by atoms with E-state index in [1.165, 1.54) is 0 Å². The van der Waals surface area contributed by atoms with Gasteiger partial charge in [0.25, 0.3) is 0 Å². The molecule has 0 saturated heterocycles. The molecule has 0 aliphatic rings. The number of aliphatic hydroxyl groups excluding tert-OH is 1. The molecule has 3 amide bonds. The zero-order chi connectivity index (χ0) is 25.0. The average Bonchev–Trinajstić information content (AvgIpc) is 2.71. The highest BCUT2D eigenvalue weighted by atomic mass is 16.4. The Bertz CT molecular complexity index is 670. The molecule has 5 unspecified atom stereocenters. The van der Waals surface area contributed by atoms with Crippen molar-refractivity contribution in [2.45, 2.75) is 77.5 Å². The molecular weight excluding hydrogens is 424 g/mol. The van der Waals surface area contributed by atoms with Crippen LogP contribution >= 0.6 is 0 Å². The fourth-order valence-corrected chi connectivity index (χ4v) is 2.81. The molecule has 0 radical (unpaired) electrons. The van der Waals surface area contributed by atoms with Crippen molar-refractivity contribution < 1.29 is 39.3 Å². The van der Waals surface area contributed by atoms with Crippen LogP contribution in [-0.4, -0.2) is 75.8 Å². The largest absolute Gasteiger partial charge is 0.481 e. The summed E-state index contributed by atoms with van der Waals surface area (Å²) in [5.41, 5.74) is 5.43. The molecule has 0 saturated carbocycles. The fraction of sp³-hybridized carbons (Fsp3) is 0.750. The smallest absolute Gasteiger partial charge is 0.326 e. The van der Waals surface area contributed by atoms with Crippen molar-refractivity contribution in [1.29, 1.82) is 0 Å². The summed E-state index contributed by atoms with van der Waals surface area (Å²) in [6.45, 7) is 6.41. The van der Waals surface area contributed by atoms with E-state index in [4.69, 9.17) is 15.9 Å². The minimum Gasteiger partial charge on any atom is -0.481 e. The molecule has 32 heavy (non-hydrogen) atoms. The molecule has 12 heteroatoms. The Labute approximate surface area is 187 Å². The van der Waals surface area contributed by atoms with E-state index in [0.29, 0.717) is 6.42 Å². The van der Waals surface area contributed by atoms with Gasteiger partial charge in [-0.25, -0.2) is 4.79 Å². The predicted molar refractivity (Wildman–Crippen MR) is 114 cm³/mol. The van der Waals surface area contributed by atoms with Crippen LogP contribution in [-0.2, 0) is 24.0 Å². The number of hydrogen-bond donors (Lipinski definition) is 7. The Hall–Kier alpha value is -2.73. The topological polar surface area (TPSA) is 208 Å². The first-order valence-corrected chi connectivity index (χ1v) is 10.6. The van der Waals surface area contributed by atoms with Gasteiger partial charge < -0.3 is 37.0 Å². The van der Waals surface area contributed by atoms with Gasteiger partial charge in [-0.05, 0) is 24.7 Å². The lowest BCUT2D eigenvalue weighted by molar-refractivity contribution is -0.143. The summed E-state index contributed by atoms with van der Waals surface area (Å²) in [6, 6.07) is -4.88. The molecule has 0 heterocycles. The van der Waals surface area contributed by atoms with Gasteiger partial charge in [-0.1, -0.05) is 34.1 Å². The average molecular weight is 461 g/mol. The molecule has 0 aromatic carbocycles. The van der Waals surface area contributed by atoms with Gasteiger partial charge in [0.15, 0.2) is 0 Å². The van der Waals surface area contributed by atoms with Crippen molar-refractivity contribution in [3.63, 3.8) is 0 Å². The summed E-state index contributed by atoms with van der Waals surface area (Å²) in [5.74, 6) is -5.16. The number of carboxylic acid groups (broad SMARTS) is 2. The molecule has 0 aliphatic heterocycles. The van der Waals surface area contributed by atoms with Crippen LogP contribution in [0.1, 0.15) is 53.4 Å². The normalized spacial score (nSPS) is 15.7. The van der Waals surface area contributed by atoms with Gasteiger partial charge in [0.1, 0.15) is 24.2 Å². The summed E-state index contributed by atoms with van der Waals surface area (Å²) >= 11 is 0. The Balaban J connectivity index is 5.57. The van der Waals surface area contributed by atoms with Crippen LogP contribution < -0.4 is 21.7 Å². The highest BCUT2D eigenvalue weighted by Gasteiger charge is 2.33. The van der Waals surface area contributed by atoms with Crippen LogP contribution in [0.3, 0.4) is 0 Å². The van der Waals surface area contributed by atoms with Crippen molar-refractivity contribution in [3.8, 4) is 0 Å². The molecule has 8 N–H and O–H groups in total. The lowest BCUT2D eigenvalue weighted by Crippen LogP contribution is -2.59. The predicted octanol–water partition coefficient (Wildman–Crippen LogP) is -1.20. The van der Waals surface area contributed by atoms with E-state index in [2.05, 4.69) is 16.0 Å². The number of carboxylic acids is 2. The molecule has 0 fully saturated rings. The standard InChI is InChI=1S/C20H36N4O8/c1-5-11(4)16(19(30)23-14(20(31)32)8-10(2)3)24-18(29)13(6-7-15(26)27)22-17(28)12(21)9-25/h10-14,16,25H,5-9,21H2,1-4H3,(H,22,28)(H,23,30)(H,24,29)(H,26,27)(H,31,32). The summed E-state index contributed by atoms with van der Waals surface area (Å²) in [6.07, 6.45) is -0.0478. The second-order valence-electron chi connectivity index (χ2n) is 8.18. The number of carbonyl (C=O) groups excluding carboxylic acids is 3. The second-order valence-corrected chi connectivity index (χ2v) is 8.18. The third-order valence-electron chi connectivity index (χ3n) is 4.93. The van der Waals surface area contributed by atoms with E-state index in [1.807, 2.05) is 13.8 Å². The van der Waals surface area contributed by atoms with Gasteiger partial charge in [0.05, 0.1) is 6.61 Å². The van der Waals surface area contributed by atoms with Crippen molar-refractivity contribution in [1.82, 2.24) is 16.0 Å². The maximum atomic E-state index is 12.8. The lowest BCUT2D eigenvalue weighted by atomic mass is 9.96. The van der Waals surface area contributed by atoms with E-state index >= 15 is 0 Å². The fourth-order valence-electron chi connectivity index (χ4n) is 2.81. The molecule has 0 aromatic heterocycles. The van der Waals surface area contributed by atoms with Crippen molar-refractivity contribution in [3.05, 3.63) is 0 Å². The lowest BCUT2D eigenvalue weighted by Gasteiger charge is -2.28. The van der Waals surface area contributed by atoms with Crippen molar-refractivity contribution in [2.75, 3.05) is 6.61 Å². The molecule has 0 aromatic rings. The highest BCUT2D eigenvalue weighted by Crippen LogP contribution is 2.12. The van der Waals surface area contributed by atoms with E-state index in [-0.39, 0.29) is 24.7 Å². The highest BCUT2D eigenvalue weighted by molar-refractivity contribution is 5.94. The van der Waals surface area contributed by atoms with Gasteiger partial charge >= 0.3 is 11.9 Å². The maximum Gasteiger partial charge on any atom is 0.326 e.